The molecule has 2 aliphatic rings. The summed E-state index contributed by atoms with van der Waals surface area (Å²) in [6, 6.07) is -0.443. The van der Waals surface area contributed by atoms with Gasteiger partial charge < -0.3 is 10.4 Å². The van der Waals surface area contributed by atoms with Crippen LogP contribution < -0.4 is 5.32 Å². The highest BCUT2D eigenvalue weighted by Crippen LogP contribution is 2.40. The van der Waals surface area contributed by atoms with Crippen LogP contribution in [0.1, 0.15) is 44.9 Å². The fourth-order valence-electron chi connectivity index (χ4n) is 3.05. The molecule has 3 unspecified atom stereocenters. The van der Waals surface area contributed by atoms with Gasteiger partial charge in [-0.3, -0.25) is 9.59 Å². The molecule has 0 aromatic rings. The van der Waals surface area contributed by atoms with Gasteiger partial charge in [0.25, 0.3) is 0 Å². The zero-order chi connectivity index (χ0) is 15.6. The topological polar surface area (TPSA) is 66.4 Å². The first-order chi connectivity index (χ1) is 9.77. The number of hydrogen-bond acceptors (Lipinski definition) is 2. The number of carboxylic acids is 1. The SMILES string of the molecule is O=C(O)CC(NC(=O)C1CCCC(C(F)(F)F)C1)C1CC1. The molecule has 2 aliphatic carbocycles. The Labute approximate surface area is 121 Å². The van der Waals surface area contributed by atoms with Crippen LogP contribution in [0.2, 0.25) is 0 Å². The third kappa shape index (κ3) is 4.61. The van der Waals surface area contributed by atoms with E-state index in [9.17, 15) is 22.8 Å². The van der Waals surface area contributed by atoms with Gasteiger partial charge in [0.2, 0.25) is 5.91 Å². The molecule has 21 heavy (non-hydrogen) atoms. The van der Waals surface area contributed by atoms with Crippen LogP contribution in [0.5, 0.6) is 0 Å². The Hall–Kier alpha value is -1.27. The van der Waals surface area contributed by atoms with Gasteiger partial charge in [0.1, 0.15) is 0 Å². The Morgan fingerprint density at radius 2 is 1.86 bits per heavy atom. The molecule has 0 bridgehead atoms. The van der Waals surface area contributed by atoms with Gasteiger partial charge in [-0.25, -0.2) is 0 Å². The smallest absolute Gasteiger partial charge is 0.391 e. The van der Waals surface area contributed by atoms with E-state index in [0.717, 1.165) is 12.8 Å². The standard InChI is InChI=1S/C14H20F3NO3/c15-14(16,17)10-3-1-2-9(6-10)13(21)18-11(7-12(19)20)8-4-5-8/h8-11H,1-7H2,(H,18,21)(H,19,20). The fraction of sp³-hybridized carbons (Fsp3) is 0.857. The van der Waals surface area contributed by atoms with Gasteiger partial charge in [0, 0.05) is 12.0 Å². The Bertz CT molecular complexity index is 407. The summed E-state index contributed by atoms with van der Waals surface area (Å²) in [5.74, 6) is -3.32. The van der Waals surface area contributed by atoms with Crippen molar-refractivity contribution in [3.63, 3.8) is 0 Å². The molecule has 2 N–H and O–H groups in total. The fourth-order valence-corrected chi connectivity index (χ4v) is 3.05. The highest BCUT2D eigenvalue weighted by Gasteiger charge is 2.44. The number of carboxylic acid groups (broad SMARTS) is 1. The van der Waals surface area contributed by atoms with Gasteiger partial charge in [-0.05, 0) is 38.0 Å². The van der Waals surface area contributed by atoms with Crippen molar-refractivity contribution in [1.82, 2.24) is 5.32 Å². The van der Waals surface area contributed by atoms with Crippen molar-refractivity contribution in [3.8, 4) is 0 Å². The molecular formula is C14H20F3NO3. The van der Waals surface area contributed by atoms with Gasteiger partial charge >= 0.3 is 12.1 Å². The Morgan fingerprint density at radius 3 is 2.38 bits per heavy atom. The number of hydrogen-bond donors (Lipinski definition) is 2. The number of carbonyl (C=O) groups is 2. The highest BCUT2D eigenvalue weighted by molar-refractivity contribution is 5.80. The molecule has 120 valence electrons. The van der Waals surface area contributed by atoms with E-state index in [1.165, 1.54) is 0 Å². The summed E-state index contributed by atoms with van der Waals surface area (Å²) >= 11 is 0. The zero-order valence-electron chi connectivity index (χ0n) is 11.7. The van der Waals surface area contributed by atoms with Crippen molar-refractivity contribution in [2.75, 3.05) is 0 Å². The molecule has 2 fully saturated rings. The highest BCUT2D eigenvalue weighted by atomic mass is 19.4. The predicted molar refractivity (Wildman–Crippen MR) is 68.4 cm³/mol. The van der Waals surface area contributed by atoms with Crippen LogP contribution in [0.25, 0.3) is 0 Å². The number of halogens is 3. The number of carbonyl (C=O) groups excluding carboxylic acids is 1. The van der Waals surface area contributed by atoms with Crippen LogP contribution in [0.4, 0.5) is 13.2 Å². The largest absolute Gasteiger partial charge is 0.481 e. The second-order valence-electron chi connectivity index (χ2n) is 6.15. The van der Waals surface area contributed by atoms with E-state index >= 15 is 0 Å². The molecule has 0 aliphatic heterocycles. The summed E-state index contributed by atoms with van der Waals surface area (Å²) in [6.07, 6.45) is -1.95. The lowest BCUT2D eigenvalue weighted by atomic mass is 9.80. The van der Waals surface area contributed by atoms with Crippen molar-refractivity contribution in [2.45, 2.75) is 57.2 Å². The molecule has 0 aromatic heterocycles. The molecule has 0 heterocycles. The van der Waals surface area contributed by atoms with Crippen molar-refractivity contribution in [1.29, 1.82) is 0 Å². The summed E-state index contributed by atoms with van der Waals surface area (Å²) < 4.78 is 38.2. The second-order valence-corrected chi connectivity index (χ2v) is 6.15. The molecular weight excluding hydrogens is 287 g/mol. The normalized spacial score (nSPS) is 28.0. The number of nitrogens with one attached hydrogen (secondary N) is 1. The van der Waals surface area contributed by atoms with Gasteiger partial charge in [-0.2, -0.15) is 13.2 Å². The van der Waals surface area contributed by atoms with Crippen LogP contribution in [-0.2, 0) is 9.59 Å². The average Bonchev–Trinajstić information content (AvgIpc) is 3.20. The molecule has 2 saturated carbocycles. The van der Waals surface area contributed by atoms with Crippen molar-refractivity contribution >= 4 is 11.9 Å². The molecule has 0 radical (unpaired) electrons. The van der Waals surface area contributed by atoms with Crippen LogP contribution in [-0.4, -0.2) is 29.2 Å². The third-order valence-corrected chi connectivity index (χ3v) is 4.42. The van der Waals surface area contributed by atoms with E-state index in [4.69, 9.17) is 5.11 Å². The van der Waals surface area contributed by atoms with E-state index in [0.29, 0.717) is 12.8 Å². The minimum atomic E-state index is -4.25. The summed E-state index contributed by atoms with van der Waals surface area (Å²) in [5.41, 5.74) is 0. The predicted octanol–water partition coefficient (Wildman–Crippen LogP) is 2.72. The van der Waals surface area contributed by atoms with Crippen molar-refractivity contribution in [3.05, 3.63) is 0 Å². The maximum atomic E-state index is 12.7. The first-order valence-electron chi connectivity index (χ1n) is 7.36. The number of amides is 1. The second kappa shape index (κ2) is 6.23. The number of alkyl halides is 3. The molecule has 0 aromatic carbocycles. The lowest BCUT2D eigenvalue weighted by Crippen LogP contribution is -2.43. The molecule has 4 nitrogen and oxygen atoms in total. The lowest BCUT2D eigenvalue weighted by molar-refractivity contribution is -0.186. The maximum Gasteiger partial charge on any atom is 0.391 e. The molecule has 0 spiro atoms. The molecule has 1 amide bonds. The molecule has 7 heteroatoms. The first kappa shape index (κ1) is 16.1. The molecule has 3 atom stereocenters. The van der Waals surface area contributed by atoms with Crippen molar-refractivity contribution in [2.24, 2.45) is 17.8 Å². The quantitative estimate of drug-likeness (QED) is 0.820. The molecule has 0 saturated heterocycles. The van der Waals surface area contributed by atoms with Crippen LogP contribution in [0.15, 0.2) is 0 Å². The van der Waals surface area contributed by atoms with Crippen molar-refractivity contribution < 1.29 is 27.9 Å². The first-order valence-corrected chi connectivity index (χ1v) is 7.36. The molecule has 2 rings (SSSR count). The average molecular weight is 307 g/mol. The van der Waals surface area contributed by atoms with Gasteiger partial charge in [0.05, 0.1) is 12.3 Å². The lowest BCUT2D eigenvalue weighted by Gasteiger charge is -2.30. The van der Waals surface area contributed by atoms with E-state index < -0.39 is 35.9 Å². The minimum absolute atomic E-state index is 0.0778. The van der Waals surface area contributed by atoms with Crippen LogP contribution in [0.3, 0.4) is 0 Å². The Kier molecular flexibility index (Phi) is 4.78. The van der Waals surface area contributed by atoms with Gasteiger partial charge in [0.15, 0.2) is 0 Å². The third-order valence-electron chi connectivity index (χ3n) is 4.42. The summed E-state index contributed by atoms with van der Waals surface area (Å²) in [4.78, 5) is 22.9. The van der Waals surface area contributed by atoms with Crippen LogP contribution in [0, 0.1) is 17.8 Å². The minimum Gasteiger partial charge on any atom is -0.481 e. The van der Waals surface area contributed by atoms with E-state index in [2.05, 4.69) is 5.32 Å². The monoisotopic (exact) mass is 307 g/mol. The van der Waals surface area contributed by atoms with E-state index in [1.807, 2.05) is 0 Å². The zero-order valence-corrected chi connectivity index (χ0v) is 11.7. The van der Waals surface area contributed by atoms with E-state index in [-0.39, 0.29) is 25.2 Å². The summed E-state index contributed by atoms with van der Waals surface area (Å²) in [5, 5.41) is 11.5. The summed E-state index contributed by atoms with van der Waals surface area (Å²) in [6.45, 7) is 0. The van der Waals surface area contributed by atoms with Crippen LogP contribution >= 0.6 is 0 Å². The summed E-state index contributed by atoms with van der Waals surface area (Å²) in [7, 11) is 0. The Balaban J connectivity index is 1.91. The number of aliphatic carboxylic acids is 1. The van der Waals surface area contributed by atoms with E-state index in [1.54, 1.807) is 0 Å². The maximum absolute atomic E-state index is 12.7. The number of rotatable bonds is 5. The van der Waals surface area contributed by atoms with Gasteiger partial charge in [-0.15, -0.1) is 0 Å². The van der Waals surface area contributed by atoms with Gasteiger partial charge in [-0.1, -0.05) is 6.42 Å². The Morgan fingerprint density at radius 1 is 1.19 bits per heavy atom.